The second kappa shape index (κ2) is 5.78. The van der Waals surface area contributed by atoms with Gasteiger partial charge in [-0.25, -0.2) is 4.68 Å². The molecule has 1 fully saturated rings. The second-order valence-electron chi connectivity index (χ2n) is 6.04. The van der Waals surface area contributed by atoms with E-state index in [4.69, 9.17) is 0 Å². The third kappa shape index (κ3) is 3.07. The number of hydrogen-bond donors (Lipinski definition) is 1. The molecule has 0 saturated heterocycles. The van der Waals surface area contributed by atoms with Crippen LogP contribution in [0.2, 0.25) is 0 Å². The minimum atomic E-state index is 0.457. The Morgan fingerprint density at radius 1 is 1.33 bits per heavy atom. The Bertz CT molecular complexity index is 373. The monoisotopic (exact) mass is 251 g/mol. The predicted molar refractivity (Wildman–Crippen MR) is 71.0 cm³/mol. The van der Waals surface area contributed by atoms with Crippen molar-refractivity contribution >= 4 is 0 Å². The van der Waals surface area contributed by atoms with Crippen LogP contribution >= 0.6 is 0 Å². The SMILES string of the molecule is CC1CCC(n2nnnc2CNC(C)C)C(C)C1. The van der Waals surface area contributed by atoms with E-state index < -0.39 is 0 Å². The zero-order valence-electron chi connectivity index (χ0n) is 11.9. The summed E-state index contributed by atoms with van der Waals surface area (Å²) < 4.78 is 2.05. The number of nitrogens with one attached hydrogen (secondary N) is 1. The van der Waals surface area contributed by atoms with E-state index in [1.807, 2.05) is 4.68 Å². The summed E-state index contributed by atoms with van der Waals surface area (Å²) in [7, 11) is 0. The molecular weight excluding hydrogens is 226 g/mol. The fraction of sp³-hybridized carbons (Fsp3) is 0.923. The van der Waals surface area contributed by atoms with Gasteiger partial charge in [0, 0.05) is 6.04 Å². The molecule has 0 spiro atoms. The van der Waals surface area contributed by atoms with Gasteiger partial charge in [0.2, 0.25) is 0 Å². The van der Waals surface area contributed by atoms with Crippen molar-refractivity contribution in [3.8, 4) is 0 Å². The fourth-order valence-electron chi connectivity index (χ4n) is 2.89. The molecule has 2 rings (SSSR count). The largest absolute Gasteiger partial charge is 0.308 e. The van der Waals surface area contributed by atoms with E-state index in [2.05, 4.69) is 48.5 Å². The van der Waals surface area contributed by atoms with Crippen molar-refractivity contribution in [2.24, 2.45) is 11.8 Å². The van der Waals surface area contributed by atoms with Crippen molar-refractivity contribution in [1.29, 1.82) is 0 Å². The Balaban J connectivity index is 2.06. The molecule has 0 bridgehead atoms. The van der Waals surface area contributed by atoms with Gasteiger partial charge in [-0.1, -0.05) is 27.7 Å². The highest BCUT2D eigenvalue weighted by Crippen LogP contribution is 2.36. The number of rotatable bonds is 4. The maximum absolute atomic E-state index is 4.21. The summed E-state index contributed by atoms with van der Waals surface area (Å²) in [5, 5.41) is 15.6. The summed E-state index contributed by atoms with van der Waals surface area (Å²) in [6.07, 6.45) is 3.76. The molecule has 102 valence electrons. The summed E-state index contributed by atoms with van der Waals surface area (Å²) >= 11 is 0. The van der Waals surface area contributed by atoms with E-state index >= 15 is 0 Å². The van der Waals surface area contributed by atoms with Crippen LogP contribution in [0.5, 0.6) is 0 Å². The second-order valence-corrected chi connectivity index (χ2v) is 6.04. The lowest BCUT2D eigenvalue weighted by atomic mass is 9.80. The Kier molecular flexibility index (Phi) is 4.32. The Hall–Kier alpha value is -0.970. The molecule has 5 heteroatoms. The Labute approximate surface area is 109 Å². The first-order valence-electron chi connectivity index (χ1n) is 7.08. The van der Waals surface area contributed by atoms with E-state index in [0.717, 1.165) is 18.3 Å². The zero-order chi connectivity index (χ0) is 13.1. The topological polar surface area (TPSA) is 55.6 Å². The van der Waals surface area contributed by atoms with Crippen LogP contribution in [0, 0.1) is 11.8 Å². The van der Waals surface area contributed by atoms with Gasteiger partial charge >= 0.3 is 0 Å². The van der Waals surface area contributed by atoms with Crippen molar-refractivity contribution in [2.75, 3.05) is 0 Å². The molecule has 1 saturated carbocycles. The van der Waals surface area contributed by atoms with Crippen LogP contribution in [0.1, 0.15) is 58.8 Å². The van der Waals surface area contributed by atoms with Crippen LogP contribution in [-0.2, 0) is 6.54 Å². The summed E-state index contributed by atoms with van der Waals surface area (Å²) in [5.41, 5.74) is 0. The lowest BCUT2D eigenvalue weighted by Gasteiger charge is -2.32. The first kappa shape index (κ1) is 13.5. The van der Waals surface area contributed by atoms with Crippen molar-refractivity contribution < 1.29 is 0 Å². The van der Waals surface area contributed by atoms with Crippen LogP contribution in [0.15, 0.2) is 0 Å². The van der Waals surface area contributed by atoms with E-state index in [9.17, 15) is 0 Å². The first-order chi connectivity index (χ1) is 8.58. The highest BCUT2D eigenvalue weighted by Gasteiger charge is 2.29. The molecule has 1 aliphatic carbocycles. The van der Waals surface area contributed by atoms with Crippen molar-refractivity contribution in [2.45, 2.75) is 65.6 Å². The van der Waals surface area contributed by atoms with Crippen LogP contribution in [0.25, 0.3) is 0 Å². The number of tetrazole rings is 1. The predicted octanol–water partition coefficient (Wildman–Crippen LogP) is 2.17. The molecule has 3 atom stereocenters. The van der Waals surface area contributed by atoms with Crippen LogP contribution in [0.4, 0.5) is 0 Å². The minimum absolute atomic E-state index is 0.457. The minimum Gasteiger partial charge on any atom is -0.308 e. The van der Waals surface area contributed by atoms with Crippen LogP contribution < -0.4 is 5.32 Å². The average molecular weight is 251 g/mol. The van der Waals surface area contributed by atoms with Gasteiger partial charge in [-0.05, 0) is 41.5 Å². The Morgan fingerprint density at radius 3 is 2.78 bits per heavy atom. The quantitative estimate of drug-likeness (QED) is 0.891. The molecule has 5 nitrogen and oxygen atoms in total. The van der Waals surface area contributed by atoms with Gasteiger partial charge in [-0.15, -0.1) is 5.10 Å². The maximum Gasteiger partial charge on any atom is 0.165 e. The lowest BCUT2D eigenvalue weighted by molar-refractivity contribution is 0.188. The lowest BCUT2D eigenvalue weighted by Crippen LogP contribution is -2.30. The smallest absolute Gasteiger partial charge is 0.165 e. The highest BCUT2D eigenvalue weighted by atomic mass is 15.6. The van der Waals surface area contributed by atoms with Gasteiger partial charge in [-0.2, -0.15) is 0 Å². The van der Waals surface area contributed by atoms with E-state index in [-0.39, 0.29) is 0 Å². The fourth-order valence-corrected chi connectivity index (χ4v) is 2.89. The maximum atomic E-state index is 4.21. The Morgan fingerprint density at radius 2 is 2.11 bits per heavy atom. The summed E-state index contributed by atoms with van der Waals surface area (Å²) in [4.78, 5) is 0. The molecule has 0 aliphatic heterocycles. The van der Waals surface area contributed by atoms with Gasteiger partial charge in [0.15, 0.2) is 5.82 Å². The third-order valence-electron chi connectivity index (χ3n) is 3.93. The molecule has 0 radical (unpaired) electrons. The molecule has 0 aromatic carbocycles. The normalized spacial score (nSPS) is 28.8. The molecule has 1 aromatic heterocycles. The molecule has 1 N–H and O–H groups in total. The zero-order valence-corrected chi connectivity index (χ0v) is 11.9. The molecule has 3 unspecified atom stereocenters. The summed E-state index contributed by atoms with van der Waals surface area (Å²) in [6.45, 7) is 9.69. The molecular formula is C13H25N5. The van der Waals surface area contributed by atoms with E-state index in [1.165, 1.54) is 19.3 Å². The molecule has 0 amide bonds. The molecule has 1 aliphatic rings. The van der Waals surface area contributed by atoms with Gasteiger partial charge in [0.05, 0.1) is 12.6 Å². The molecule has 1 heterocycles. The van der Waals surface area contributed by atoms with Crippen molar-refractivity contribution in [1.82, 2.24) is 25.5 Å². The van der Waals surface area contributed by atoms with E-state index in [1.54, 1.807) is 0 Å². The van der Waals surface area contributed by atoms with Crippen LogP contribution in [0.3, 0.4) is 0 Å². The third-order valence-corrected chi connectivity index (χ3v) is 3.93. The van der Waals surface area contributed by atoms with Gasteiger partial charge in [0.25, 0.3) is 0 Å². The van der Waals surface area contributed by atoms with Crippen molar-refractivity contribution in [3.63, 3.8) is 0 Å². The van der Waals surface area contributed by atoms with E-state index in [0.29, 0.717) is 18.0 Å². The summed E-state index contributed by atoms with van der Waals surface area (Å²) in [6, 6.07) is 0.930. The standard InChI is InChI=1S/C13H25N5/c1-9(2)14-8-13-15-16-17-18(13)12-6-5-10(3)7-11(12)4/h9-12,14H,5-8H2,1-4H3. The first-order valence-corrected chi connectivity index (χ1v) is 7.08. The molecule has 1 aromatic rings. The number of nitrogens with zero attached hydrogens (tertiary/aromatic N) is 4. The van der Waals surface area contributed by atoms with Crippen LogP contribution in [-0.4, -0.2) is 26.2 Å². The van der Waals surface area contributed by atoms with Gasteiger partial charge < -0.3 is 5.32 Å². The summed E-state index contributed by atoms with van der Waals surface area (Å²) in [5.74, 6) is 2.47. The molecule has 18 heavy (non-hydrogen) atoms. The number of aromatic nitrogens is 4. The number of hydrogen-bond acceptors (Lipinski definition) is 4. The van der Waals surface area contributed by atoms with Gasteiger partial charge in [0.1, 0.15) is 0 Å². The highest BCUT2D eigenvalue weighted by molar-refractivity contribution is 4.88. The average Bonchev–Trinajstić information content (AvgIpc) is 2.74. The van der Waals surface area contributed by atoms with Gasteiger partial charge in [-0.3, -0.25) is 0 Å². The van der Waals surface area contributed by atoms with Crippen molar-refractivity contribution in [3.05, 3.63) is 5.82 Å².